The average molecular weight is 421 g/mol. The van der Waals surface area contributed by atoms with Gasteiger partial charge in [0.15, 0.2) is 0 Å². The highest BCUT2D eigenvalue weighted by atomic mass is 16.1. The number of nitrogens with one attached hydrogen (secondary N) is 1. The van der Waals surface area contributed by atoms with Gasteiger partial charge in [-0.1, -0.05) is 61.9 Å². The van der Waals surface area contributed by atoms with Crippen LogP contribution in [-0.4, -0.2) is 20.9 Å². The van der Waals surface area contributed by atoms with Crippen LogP contribution in [0, 0.1) is 0 Å². The van der Waals surface area contributed by atoms with Crippen molar-refractivity contribution in [3.63, 3.8) is 0 Å². The van der Waals surface area contributed by atoms with E-state index in [9.17, 15) is 4.79 Å². The molecule has 0 aliphatic rings. The van der Waals surface area contributed by atoms with Crippen LogP contribution in [0.25, 0.3) is 27.5 Å². The van der Waals surface area contributed by atoms with Crippen molar-refractivity contribution in [1.29, 1.82) is 0 Å². The summed E-state index contributed by atoms with van der Waals surface area (Å²) in [6, 6.07) is 27.6. The van der Waals surface area contributed by atoms with Gasteiger partial charge in [0.2, 0.25) is 0 Å². The van der Waals surface area contributed by atoms with E-state index in [2.05, 4.69) is 34.6 Å². The van der Waals surface area contributed by atoms with Crippen LogP contribution in [-0.2, 0) is 6.42 Å². The number of aromatic nitrogens is 3. The summed E-state index contributed by atoms with van der Waals surface area (Å²) in [4.78, 5) is 14.6. The monoisotopic (exact) mass is 420 g/mol. The van der Waals surface area contributed by atoms with Crippen LogP contribution in [0.2, 0.25) is 0 Å². The Hall–Kier alpha value is -3.99. The molecule has 5 aromatic rings. The normalized spacial score (nSPS) is 11.2. The van der Waals surface area contributed by atoms with Crippen LogP contribution in [0.5, 0.6) is 0 Å². The van der Waals surface area contributed by atoms with Crippen molar-refractivity contribution in [3.8, 4) is 5.69 Å². The number of benzene rings is 4. The second-order valence-corrected chi connectivity index (χ2v) is 7.94. The molecule has 0 bridgehead atoms. The lowest BCUT2D eigenvalue weighted by Crippen LogP contribution is -2.12. The molecule has 0 radical (unpaired) electrons. The number of rotatable bonds is 6. The first kappa shape index (κ1) is 19.9. The number of fused-ring (bicyclic) bond motifs is 2. The minimum atomic E-state index is -0.142. The molecule has 0 aliphatic heterocycles. The molecule has 1 aromatic heterocycles. The molecule has 1 N–H and O–H groups in total. The third kappa shape index (κ3) is 3.97. The summed E-state index contributed by atoms with van der Waals surface area (Å²) in [5, 5.41) is 14.2. The van der Waals surface area contributed by atoms with Crippen molar-refractivity contribution in [2.75, 3.05) is 5.32 Å². The molecule has 5 heteroatoms. The van der Waals surface area contributed by atoms with Crippen molar-refractivity contribution in [1.82, 2.24) is 15.0 Å². The lowest BCUT2D eigenvalue weighted by atomic mass is 10.0. The second kappa shape index (κ2) is 8.63. The first-order valence-corrected chi connectivity index (χ1v) is 11.0. The minimum Gasteiger partial charge on any atom is -0.322 e. The van der Waals surface area contributed by atoms with Gasteiger partial charge in [0.25, 0.3) is 5.91 Å². The van der Waals surface area contributed by atoms with Gasteiger partial charge in [-0.2, -0.15) is 4.80 Å². The highest BCUT2D eigenvalue weighted by molar-refractivity contribution is 6.13. The Bertz CT molecular complexity index is 1400. The largest absolute Gasteiger partial charge is 0.322 e. The molecular weight excluding hydrogens is 396 g/mol. The van der Waals surface area contributed by atoms with Crippen molar-refractivity contribution in [3.05, 3.63) is 96.1 Å². The molecule has 0 saturated carbocycles. The molecule has 0 aliphatic carbocycles. The van der Waals surface area contributed by atoms with Gasteiger partial charge in [-0.25, -0.2) is 0 Å². The highest BCUT2D eigenvalue weighted by Gasteiger charge is 2.12. The number of nitrogens with zero attached hydrogens (tertiary/aromatic N) is 3. The molecule has 0 atom stereocenters. The maximum atomic E-state index is 12.9. The molecule has 1 heterocycles. The zero-order valence-electron chi connectivity index (χ0n) is 18.0. The number of hydrogen-bond donors (Lipinski definition) is 1. The van der Waals surface area contributed by atoms with Gasteiger partial charge in [-0.05, 0) is 65.6 Å². The van der Waals surface area contributed by atoms with Crippen LogP contribution in [0.4, 0.5) is 5.69 Å². The zero-order chi connectivity index (χ0) is 21.9. The molecule has 32 heavy (non-hydrogen) atoms. The first-order valence-electron chi connectivity index (χ1n) is 11.0. The van der Waals surface area contributed by atoms with Crippen molar-refractivity contribution in [2.24, 2.45) is 0 Å². The smallest absolute Gasteiger partial charge is 0.256 e. The van der Waals surface area contributed by atoms with E-state index >= 15 is 0 Å². The number of unbranched alkanes of at least 4 members (excludes halogenated alkanes) is 1. The van der Waals surface area contributed by atoms with Crippen LogP contribution in [0.1, 0.15) is 35.7 Å². The minimum absolute atomic E-state index is 0.142. The van der Waals surface area contributed by atoms with E-state index in [1.807, 2.05) is 72.8 Å². The molecule has 0 unspecified atom stereocenters. The van der Waals surface area contributed by atoms with Gasteiger partial charge < -0.3 is 5.32 Å². The Morgan fingerprint density at radius 3 is 2.50 bits per heavy atom. The number of carbonyl (C=O) groups is 1. The van der Waals surface area contributed by atoms with Crippen LogP contribution >= 0.6 is 0 Å². The van der Waals surface area contributed by atoms with Gasteiger partial charge in [0.05, 0.1) is 5.69 Å². The van der Waals surface area contributed by atoms with E-state index in [0.29, 0.717) is 11.3 Å². The van der Waals surface area contributed by atoms with E-state index in [1.165, 1.54) is 18.4 Å². The SMILES string of the molecule is CCCCc1ccc(-n2nc3ccc(NC(=O)c4cccc5ccccc45)cc3n2)cc1. The predicted molar refractivity (Wildman–Crippen MR) is 129 cm³/mol. The topological polar surface area (TPSA) is 59.8 Å². The van der Waals surface area contributed by atoms with Crippen molar-refractivity contribution < 1.29 is 4.79 Å². The molecular formula is C27H24N4O. The number of anilines is 1. The maximum Gasteiger partial charge on any atom is 0.256 e. The van der Waals surface area contributed by atoms with Gasteiger partial charge >= 0.3 is 0 Å². The zero-order valence-corrected chi connectivity index (χ0v) is 18.0. The fourth-order valence-electron chi connectivity index (χ4n) is 3.91. The molecule has 0 spiro atoms. The Balaban J connectivity index is 1.38. The van der Waals surface area contributed by atoms with Crippen molar-refractivity contribution >= 4 is 33.4 Å². The van der Waals surface area contributed by atoms with Crippen LogP contribution in [0.15, 0.2) is 84.9 Å². The number of carbonyl (C=O) groups excluding carboxylic acids is 1. The lowest BCUT2D eigenvalue weighted by molar-refractivity contribution is 0.102. The molecule has 5 nitrogen and oxygen atoms in total. The summed E-state index contributed by atoms with van der Waals surface area (Å²) in [6.45, 7) is 2.20. The number of aryl methyl sites for hydroxylation is 1. The van der Waals surface area contributed by atoms with E-state index in [0.717, 1.165) is 33.9 Å². The quantitative estimate of drug-likeness (QED) is 0.357. The van der Waals surface area contributed by atoms with E-state index in [4.69, 9.17) is 0 Å². The summed E-state index contributed by atoms with van der Waals surface area (Å²) in [5.41, 5.74) is 5.10. The maximum absolute atomic E-state index is 12.9. The van der Waals surface area contributed by atoms with Gasteiger partial charge in [-0.3, -0.25) is 4.79 Å². The molecule has 1 amide bonds. The Morgan fingerprint density at radius 2 is 1.66 bits per heavy atom. The fourth-order valence-corrected chi connectivity index (χ4v) is 3.91. The molecule has 158 valence electrons. The summed E-state index contributed by atoms with van der Waals surface area (Å²) in [7, 11) is 0. The van der Waals surface area contributed by atoms with Crippen LogP contribution in [0.3, 0.4) is 0 Å². The van der Waals surface area contributed by atoms with E-state index in [-0.39, 0.29) is 5.91 Å². The molecule has 5 rings (SSSR count). The Labute approximate surface area is 186 Å². The van der Waals surface area contributed by atoms with E-state index in [1.54, 1.807) is 4.80 Å². The van der Waals surface area contributed by atoms with Gasteiger partial charge in [0, 0.05) is 11.3 Å². The summed E-state index contributed by atoms with van der Waals surface area (Å²) in [6.07, 6.45) is 3.47. The van der Waals surface area contributed by atoms with Gasteiger partial charge in [-0.15, -0.1) is 10.2 Å². The van der Waals surface area contributed by atoms with E-state index < -0.39 is 0 Å². The summed E-state index contributed by atoms with van der Waals surface area (Å²) < 4.78 is 0. The third-order valence-electron chi connectivity index (χ3n) is 5.66. The number of amides is 1. The fraction of sp³-hybridized carbons (Fsp3) is 0.148. The second-order valence-electron chi connectivity index (χ2n) is 7.94. The molecule has 4 aromatic carbocycles. The van der Waals surface area contributed by atoms with Gasteiger partial charge in [0.1, 0.15) is 11.0 Å². The first-order chi connectivity index (χ1) is 15.7. The highest BCUT2D eigenvalue weighted by Crippen LogP contribution is 2.22. The van der Waals surface area contributed by atoms with Crippen LogP contribution < -0.4 is 5.32 Å². The van der Waals surface area contributed by atoms with Crippen molar-refractivity contribution in [2.45, 2.75) is 26.2 Å². The molecule has 0 fully saturated rings. The predicted octanol–water partition coefficient (Wildman–Crippen LogP) is 6.17. The lowest BCUT2D eigenvalue weighted by Gasteiger charge is -2.08. The third-order valence-corrected chi connectivity index (χ3v) is 5.66. The Morgan fingerprint density at radius 1 is 0.875 bits per heavy atom. The molecule has 0 saturated heterocycles. The number of hydrogen-bond acceptors (Lipinski definition) is 3. The average Bonchev–Trinajstić information content (AvgIpc) is 3.26. The summed E-state index contributed by atoms with van der Waals surface area (Å²) in [5.74, 6) is -0.142. The Kier molecular flexibility index (Phi) is 5.38. The standard InChI is InChI=1S/C27H24N4O/c1-2-3-7-19-12-15-22(16-13-19)31-29-25-17-14-21(18-26(25)30-31)28-27(32)24-11-6-9-20-8-4-5-10-23(20)24/h4-6,8-18H,2-3,7H2,1H3,(H,28,32). The summed E-state index contributed by atoms with van der Waals surface area (Å²) >= 11 is 0.